The summed E-state index contributed by atoms with van der Waals surface area (Å²) in [5.41, 5.74) is 0.330. The average Bonchev–Trinajstić information content (AvgIpc) is 3.15. The predicted octanol–water partition coefficient (Wildman–Crippen LogP) is 4.16. The number of fused-ring (bicyclic) bond motifs is 5. The van der Waals surface area contributed by atoms with Gasteiger partial charge in [-0.15, -0.1) is 0 Å². The lowest BCUT2D eigenvalue weighted by Gasteiger charge is -2.62. The smallest absolute Gasteiger partial charge is 0.305 e. The van der Waals surface area contributed by atoms with Crippen LogP contribution >= 0.6 is 0 Å². The van der Waals surface area contributed by atoms with Crippen molar-refractivity contribution >= 4 is 5.97 Å². The van der Waals surface area contributed by atoms with Gasteiger partial charge in [-0.3, -0.25) is 4.79 Å². The molecule has 4 aliphatic carbocycles. The van der Waals surface area contributed by atoms with Crippen molar-refractivity contribution in [1.82, 2.24) is 5.32 Å². The Morgan fingerprint density at radius 2 is 1.91 bits per heavy atom. The van der Waals surface area contributed by atoms with Crippen molar-refractivity contribution in [3.8, 4) is 0 Å². The highest BCUT2D eigenvalue weighted by Gasteiger charge is 2.63. The van der Waals surface area contributed by atoms with Crippen molar-refractivity contribution in [3.05, 3.63) is 0 Å². The highest BCUT2D eigenvalue weighted by Crippen LogP contribution is 2.68. The van der Waals surface area contributed by atoms with Gasteiger partial charge in [-0.2, -0.15) is 0 Å². The summed E-state index contributed by atoms with van der Waals surface area (Å²) in [6.07, 6.45) is 10.8. The molecule has 0 saturated heterocycles. The van der Waals surface area contributed by atoms with Crippen molar-refractivity contribution in [2.75, 3.05) is 20.3 Å². The van der Waals surface area contributed by atoms with Crippen LogP contribution in [0.3, 0.4) is 0 Å². The Morgan fingerprint density at radius 3 is 2.62 bits per heavy atom. The minimum atomic E-state index is -0.234. The quantitative estimate of drug-likeness (QED) is 0.509. The van der Waals surface area contributed by atoms with Gasteiger partial charge in [0.05, 0.1) is 19.8 Å². The topological polar surface area (TPSA) is 78.8 Å². The Kier molecular flexibility index (Phi) is 7.30. The summed E-state index contributed by atoms with van der Waals surface area (Å²) < 4.78 is 4.87. The molecule has 4 aliphatic rings. The molecule has 4 rings (SSSR count). The molecular weight excluding hydrogens is 402 g/mol. The van der Waals surface area contributed by atoms with Gasteiger partial charge in [0.15, 0.2) is 0 Å². The fourth-order valence-electron chi connectivity index (χ4n) is 9.29. The Bertz CT molecular complexity index is 670. The van der Waals surface area contributed by atoms with Crippen molar-refractivity contribution in [2.24, 2.45) is 46.3 Å². The first-order valence-corrected chi connectivity index (χ1v) is 13.3. The molecule has 3 N–H and O–H groups in total. The van der Waals surface area contributed by atoms with Crippen LogP contribution in [0.2, 0.25) is 0 Å². The number of ether oxygens (including phenoxy) is 1. The highest BCUT2D eigenvalue weighted by molar-refractivity contribution is 5.69. The lowest BCUT2D eigenvalue weighted by Crippen LogP contribution is -2.59. The third-order valence-electron chi connectivity index (χ3n) is 11.1. The van der Waals surface area contributed by atoms with Crippen molar-refractivity contribution < 1.29 is 19.7 Å². The first-order chi connectivity index (χ1) is 15.3. The van der Waals surface area contributed by atoms with E-state index in [1.807, 2.05) is 0 Å². The highest BCUT2D eigenvalue weighted by atomic mass is 16.5. The van der Waals surface area contributed by atoms with Gasteiger partial charge < -0.3 is 20.3 Å². The summed E-state index contributed by atoms with van der Waals surface area (Å²) in [5, 5.41) is 24.4. The standard InChI is InChI=1S/C27H47NO4/c1-17(5-10-25(31)32-4)21-8-9-22-20-7-6-18-15-19(28-13-14-29)11-12-26(18,2)23(20)16-24(30)27(21,22)3/h17-24,28-30H,5-16H2,1-4H3/t17?,18-,19+,20?,21-,22?,23?,24+,26+,27-/m1/s1. The normalized spacial score (nSPS) is 46.6. The number of carbonyl (C=O) groups is 1. The number of aliphatic hydroxyl groups is 2. The van der Waals surface area contributed by atoms with Gasteiger partial charge in [-0.1, -0.05) is 20.8 Å². The lowest BCUT2D eigenvalue weighted by molar-refractivity contribution is -0.170. The van der Waals surface area contributed by atoms with E-state index in [0.29, 0.717) is 48.1 Å². The number of hydrogen-bond acceptors (Lipinski definition) is 5. The van der Waals surface area contributed by atoms with Gasteiger partial charge in [0.2, 0.25) is 0 Å². The zero-order chi connectivity index (χ0) is 23.1. The monoisotopic (exact) mass is 449 g/mol. The number of esters is 1. The first-order valence-electron chi connectivity index (χ1n) is 13.3. The number of carbonyl (C=O) groups excluding carboxylic acids is 1. The molecular formula is C27H47NO4. The second-order valence-corrected chi connectivity index (χ2v) is 12.2. The average molecular weight is 450 g/mol. The molecule has 0 bridgehead atoms. The van der Waals surface area contributed by atoms with E-state index in [4.69, 9.17) is 4.74 Å². The van der Waals surface area contributed by atoms with Crippen LogP contribution in [0.25, 0.3) is 0 Å². The maximum atomic E-state index is 11.7. The van der Waals surface area contributed by atoms with Gasteiger partial charge in [-0.25, -0.2) is 0 Å². The molecule has 32 heavy (non-hydrogen) atoms. The molecule has 5 nitrogen and oxygen atoms in total. The van der Waals surface area contributed by atoms with E-state index < -0.39 is 0 Å². The number of methoxy groups -OCH3 is 1. The van der Waals surface area contributed by atoms with Crippen molar-refractivity contribution in [2.45, 2.75) is 97.1 Å². The van der Waals surface area contributed by atoms with Crippen LogP contribution in [0.5, 0.6) is 0 Å². The van der Waals surface area contributed by atoms with Crippen LogP contribution < -0.4 is 5.32 Å². The van der Waals surface area contributed by atoms with Gasteiger partial charge in [0.25, 0.3) is 0 Å². The zero-order valence-corrected chi connectivity index (χ0v) is 20.8. The number of nitrogens with one attached hydrogen (secondary N) is 1. The third kappa shape index (κ3) is 4.05. The molecule has 0 radical (unpaired) electrons. The molecule has 0 aliphatic heterocycles. The van der Waals surface area contributed by atoms with Gasteiger partial charge in [-0.05, 0) is 104 Å². The van der Waals surface area contributed by atoms with Crippen LogP contribution in [0.15, 0.2) is 0 Å². The summed E-state index contributed by atoms with van der Waals surface area (Å²) >= 11 is 0. The molecule has 4 fully saturated rings. The van der Waals surface area contributed by atoms with E-state index in [2.05, 4.69) is 26.1 Å². The molecule has 0 amide bonds. The molecule has 0 heterocycles. The maximum absolute atomic E-state index is 11.7. The second-order valence-electron chi connectivity index (χ2n) is 12.2. The fourth-order valence-corrected chi connectivity index (χ4v) is 9.29. The largest absolute Gasteiger partial charge is 0.469 e. The van der Waals surface area contributed by atoms with E-state index in [1.54, 1.807) is 0 Å². The zero-order valence-electron chi connectivity index (χ0n) is 20.8. The number of hydrogen-bond donors (Lipinski definition) is 3. The SMILES string of the molecule is COC(=O)CCC(C)[C@H]1CCC2C3CC[C@@H]4C[C@@H](NCCO)CC[C@]4(C)C3C[C@H](O)[C@@]21C. The summed E-state index contributed by atoms with van der Waals surface area (Å²) in [4.78, 5) is 11.7. The van der Waals surface area contributed by atoms with Gasteiger partial charge in [0, 0.05) is 19.0 Å². The van der Waals surface area contributed by atoms with Crippen molar-refractivity contribution in [3.63, 3.8) is 0 Å². The van der Waals surface area contributed by atoms with E-state index in [1.165, 1.54) is 52.1 Å². The summed E-state index contributed by atoms with van der Waals surface area (Å²) in [6, 6.07) is 0.544. The summed E-state index contributed by atoms with van der Waals surface area (Å²) in [5.74, 6) is 3.55. The van der Waals surface area contributed by atoms with Crippen molar-refractivity contribution in [1.29, 1.82) is 0 Å². The minimum absolute atomic E-state index is 0.0141. The second kappa shape index (κ2) is 9.54. The van der Waals surface area contributed by atoms with E-state index >= 15 is 0 Å². The fraction of sp³-hybridized carbons (Fsp3) is 0.963. The molecule has 4 unspecified atom stereocenters. The van der Waals surface area contributed by atoms with Crippen LogP contribution in [-0.2, 0) is 9.53 Å². The van der Waals surface area contributed by atoms with Crippen LogP contribution in [0.1, 0.15) is 85.0 Å². The molecule has 0 aromatic rings. The Labute approximate surface area is 195 Å². The van der Waals surface area contributed by atoms with Crippen LogP contribution in [-0.4, -0.2) is 48.6 Å². The number of aliphatic hydroxyl groups excluding tert-OH is 2. The Morgan fingerprint density at radius 1 is 1.12 bits per heavy atom. The molecule has 4 saturated carbocycles. The summed E-state index contributed by atoms with van der Waals surface area (Å²) in [6.45, 7) is 8.13. The summed E-state index contributed by atoms with van der Waals surface area (Å²) in [7, 11) is 1.47. The van der Waals surface area contributed by atoms with E-state index in [-0.39, 0.29) is 24.1 Å². The predicted molar refractivity (Wildman–Crippen MR) is 126 cm³/mol. The van der Waals surface area contributed by atoms with E-state index in [0.717, 1.165) is 24.7 Å². The first kappa shape index (κ1) is 24.5. The molecule has 0 spiro atoms. The van der Waals surface area contributed by atoms with Crippen LogP contribution in [0, 0.1) is 46.3 Å². The Hall–Kier alpha value is -0.650. The van der Waals surface area contributed by atoms with Gasteiger partial charge >= 0.3 is 5.97 Å². The molecule has 10 atom stereocenters. The third-order valence-corrected chi connectivity index (χ3v) is 11.1. The van der Waals surface area contributed by atoms with Gasteiger partial charge in [0.1, 0.15) is 0 Å². The lowest BCUT2D eigenvalue weighted by atomic mass is 9.43. The molecule has 0 aromatic carbocycles. The minimum Gasteiger partial charge on any atom is -0.469 e. The maximum Gasteiger partial charge on any atom is 0.305 e. The molecule has 184 valence electrons. The molecule has 0 aromatic heterocycles. The van der Waals surface area contributed by atoms with Crippen LogP contribution in [0.4, 0.5) is 0 Å². The number of rotatable bonds is 7. The van der Waals surface area contributed by atoms with E-state index in [9.17, 15) is 15.0 Å². The molecule has 5 heteroatoms. The Balaban J connectivity index is 1.48.